The van der Waals surface area contributed by atoms with Crippen LogP contribution in [0, 0.1) is 0 Å². The van der Waals surface area contributed by atoms with Crippen LogP contribution in [-0.4, -0.2) is 16.2 Å². The van der Waals surface area contributed by atoms with Gasteiger partial charge >= 0.3 is 12.1 Å². The highest BCUT2D eigenvalue weighted by atomic mass is 19.4. The number of aromatic nitrogens is 1. The number of hydrogen-bond donors (Lipinski definition) is 1. The Morgan fingerprint density at radius 1 is 1.24 bits per heavy atom. The van der Waals surface area contributed by atoms with Gasteiger partial charge in [-0.3, -0.25) is 0 Å². The zero-order chi connectivity index (χ0) is 15.2. The van der Waals surface area contributed by atoms with Gasteiger partial charge in [0.25, 0.3) is 0 Å². The van der Waals surface area contributed by atoms with E-state index in [9.17, 15) is 18.0 Å². The molecule has 2 heterocycles. The van der Waals surface area contributed by atoms with Gasteiger partial charge in [-0.2, -0.15) is 13.2 Å². The summed E-state index contributed by atoms with van der Waals surface area (Å²) in [4.78, 5) is 11.0. The normalized spacial score (nSPS) is 12.0. The number of hydrogen-bond acceptors (Lipinski definition) is 4. The Morgan fingerprint density at radius 3 is 2.67 bits per heavy atom. The number of aromatic carboxylic acids is 1. The lowest BCUT2D eigenvalue weighted by Crippen LogP contribution is -2.03. The number of halogens is 3. The molecular weight excluding hydrogens is 291 g/mol. The topological polar surface area (TPSA) is 76.5 Å². The number of rotatable bonds is 2. The van der Waals surface area contributed by atoms with Crippen molar-refractivity contribution in [1.29, 1.82) is 0 Å². The van der Waals surface area contributed by atoms with Gasteiger partial charge in [0.1, 0.15) is 11.1 Å². The van der Waals surface area contributed by atoms with Crippen molar-refractivity contribution in [3.8, 4) is 11.5 Å². The number of carboxylic acid groups (broad SMARTS) is 1. The zero-order valence-corrected chi connectivity index (χ0v) is 10.1. The predicted molar refractivity (Wildman–Crippen MR) is 63.7 cm³/mol. The maximum Gasteiger partial charge on any atom is 0.416 e. The van der Waals surface area contributed by atoms with Crippen LogP contribution < -0.4 is 0 Å². The molecule has 0 aliphatic heterocycles. The number of carbonyl (C=O) groups is 1. The number of nitrogens with zero attached hydrogens (tertiary/aromatic N) is 1. The van der Waals surface area contributed by atoms with Gasteiger partial charge in [0.15, 0.2) is 5.76 Å². The molecule has 0 radical (unpaired) electrons. The standard InChI is InChI=1S/C13H6F3NO4/c14-13(15,16)7-1-2-9-6(3-7)4-10(20-9)11-8(12(18)19)5-17-21-11/h1-5H,(H,18,19). The average Bonchev–Trinajstić information content (AvgIpc) is 3.02. The maximum absolute atomic E-state index is 12.6. The SMILES string of the molecule is O=C(O)c1cnoc1-c1cc2cc(C(F)(F)F)ccc2o1. The first-order chi connectivity index (χ1) is 9.86. The Kier molecular flexibility index (Phi) is 2.75. The summed E-state index contributed by atoms with van der Waals surface area (Å²) in [6.07, 6.45) is -3.48. The van der Waals surface area contributed by atoms with Gasteiger partial charge in [-0.25, -0.2) is 4.79 Å². The molecule has 2 aromatic heterocycles. The van der Waals surface area contributed by atoms with Crippen LogP contribution in [0.15, 0.2) is 39.4 Å². The molecule has 0 bridgehead atoms. The van der Waals surface area contributed by atoms with E-state index in [1.807, 2.05) is 0 Å². The van der Waals surface area contributed by atoms with Crippen molar-refractivity contribution in [1.82, 2.24) is 5.16 Å². The van der Waals surface area contributed by atoms with Crippen LogP contribution in [0.3, 0.4) is 0 Å². The smallest absolute Gasteiger partial charge is 0.416 e. The Labute approximate surface area is 114 Å². The molecule has 0 fully saturated rings. The van der Waals surface area contributed by atoms with Crippen molar-refractivity contribution in [3.63, 3.8) is 0 Å². The zero-order valence-electron chi connectivity index (χ0n) is 10.1. The second kappa shape index (κ2) is 4.37. The molecule has 5 nitrogen and oxygen atoms in total. The first-order valence-corrected chi connectivity index (χ1v) is 5.65. The highest BCUT2D eigenvalue weighted by Crippen LogP contribution is 2.35. The highest BCUT2D eigenvalue weighted by Gasteiger charge is 2.31. The fraction of sp³-hybridized carbons (Fsp3) is 0.0769. The van der Waals surface area contributed by atoms with Crippen LogP contribution in [-0.2, 0) is 6.18 Å². The van der Waals surface area contributed by atoms with Crippen LogP contribution in [0.25, 0.3) is 22.5 Å². The quantitative estimate of drug-likeness (QED) is 0.778. The average molecular weight is 297 g/mol. The second-order valence-corrected chi connectivity index (χ2v) is 4.23. The number of carboxylic acids is 1. The molecule has 0 atom stereocenters. The van der Waals surface area contributed by atoms with Crippen molar-refractivity contribution < 1.29 is 32.0 Å². The minimum Gasteiger partial charge on any atom is -0.477 e. The first kappa shape index (κ1) is 13.2. The first-order valence-electron chi connectivity index (χ1n) is 5.65. The minimum absolute atomic E-state index is 0.000718. The molecule has 108 valence electrons. The number of benzene rings is 1. The van der Waals surface area contributed by atoms with E-state index in [0.29, 0.717) is 0 Å². The Balaban J connectivity index is 2.13. The third kappa shape index (κ3) is 2.24. The van der Waals surface area contributed by atoms with Crippen LogP contribution in [0.4, 0.5) is 13.2 Å². The summed E-state index contributed by atoms with van der Waals surface area (Å²) in [7, 11) is 0. The predicted octanol–water partition coefficient (Wildman–Crippen LogP) is 3.80. The van der Waals surface area contributed by atoms with Crippen LogP contribution in [0.1, 0.15) is 15.9 Å². The lowest BCUT2D eigenvalue weighted by Gasteiger charge is -2.04. The van der Waals surface area contributed by atoms with Gasteiger partial charge in [0.05, 0.1) is 11.8 Å². The van der Waals surface area contributed by atoms with Crippen LogP contribution in [0.5, 0.6) is 0 Å². The minimum atomic E-state index is -4.47. The van der Waals surface area contributed by atoms with Gasteiger partial charge in [0.2, 0.25) is 5.76 Å². The lowest BCUT2D eigenvalue weighted by molar-refractivity contribution is -0.137. The monoisotopic (exact) mass is 297 g/mol. The van der Waals surface area contributed by atoms with Crippen molar-refractivity contribution >= 4 is 16.9 Å². The summed E-state index contributed by atoms with van der Waals surface area (Å²) < 4.78 is 48.0. The largest absolute Gasteiger partial charge is 0.477 e. The number of fused-ring (bicyclic) bond motifs is 1. The van der Waals surface area contributed by atoms with Gasteiger partial charge in [0, 0.05) is 5.39 Å². The lowest BCUT2D eigenvalue weighted by atomic mass is 10.1. The van der Waals surface area contributed by atoms with E-state index in [4.69, 9.17) is 14.0 Å². The summed E-state index contributed by atoms with van der Waals surface area (Å²) in [6.45, 7) is 0. The molecule has 0 aliphatic carbocycles. The highest BCUT2D eigenvalue weighted by molar-refractivity contribution is 5.94. The molecule has 21 heavy (non-hydrogen) atoms. The molecule has 0 saturated carbocycles. The van der Waals surface area contributed by atoms with Gasteiger partial charge < -0.3 is 14.0 Å². The second-order valence-electron chi connectivity index (χ2n) is 4.23. The molecule has 3 rings (SSSR count). The van der Waals surface area contributed by atoms with Crippen LogP contribution >= 0.6 is 0 Å². The third-order valence-corrected chi connectivity index (χ3v) is 2.87. The fourth-order valence-corrected chi connectivity index (χ4v) is 1.90. The van der Waals surface area contributed by atoms with Gasteiger partial charge in [-0.1, -0.05) is 5.16 Å². The maximum atomic E-state index is 12.6. The van der Waals surface area contributed by atoms with E-state index in [1.54, 1.807) is 0 Å². The number of furan rings is 1. The molecule has 0 spiro atoms. The van der Waals surface area contributed by atoms with E-state index in [0.717, 1.165) is 18.3 Å². The Morgan fingerprint density at radius 2 is 2.00 bits per heavy atom. The molecule has 0 saturated heterocycles. The molecule has 1 N–H and O–H groups in total. The van der Waals surface area contributed by atoms with E-state index >= 15 is 0 Å². The van der Waals surface area contributed by atoms with E-state index in [2.05, 4.69) is 5.16 Å². The fourth-order valence-electron chi connectivity index (χ4n) is 1.90. The van der Waals surface area contributed by atoms with Crippen molar-refractivity contribution in [3.05, 3.63) is 41.6 Å². The van der Waals surface area contributed by atoms with E-state index in [-0.39, 0.29) is 28.1 Å². The Hall–Kier alpha value is -2.77. The summed E-state index contributed by atoms with van der Waals surface area (Å²) in [5.41, 5.74) is -0.866. The molecule has 3 aromatic rings. The summed E-state index contributed by atoms with van der Waals surface area (Å²) in [5, 5.41) is 12.5. The van der Waals surface area contributed by atoms with Crippen molar-refractivity contribution in [2.45, 2.75) is 6.18 Å². The molecular formula is C13H6F3NO4. The van der Waals surface area contributed by atoms with Crippen molar-refractivity contribution in [2.75, 3.05) is 0 Å². The van der Waals surface area contributed by atoms with E-state index in [1.165, 1.54) is 12.1 Å². The van der Waals surface area contributed by atoms with Gasteiger partial charge in [-0.15, -0.1) is 0 Å². The molecule has 0 amide bonds. The molecule has 1 aromatic carbocycles. The summed E-state index contributed by atoms with van der Waals surface area (Å²) >= 11 is 0. The van der Waals surface area contributed by atoms with Crippen molar-refractivity contribution in [2.24, 2.45) is 0 Å². The van der Waals surface area contributed by atoms with Crippen LogP contribution in [0.2, 0.25) is 0 Å². The summed E-state index contributed by atoms with van der Waals surface area (Å²) in [5.74, 6) is -1.42. The third-order valence-electron chi connectivity index (χ3n) is 2.87. The Bertz CT molecular complexity index is 831. The number of alkyl halides is 3. The molecule has 8 heteroatoms. The van der Waals surface area contributed by atoms with E-state index < -0.39 is 17.7 Å². The molecule has 0 aliphatic rings. The summed E-state index contributed by atoms with van der Waals surface area (Å²) in [6, 6.07) is 4.24. The van der Waals surface area contributed by atoms with Gasteiger partial charge in [-0.05, 0) is 24.3 Å². The molecule has 0 unspecified atom stereocenters.